The van der Waals surface area contributed by atoms with Crippen LogP contribution in [0, 0.1) is 13.8 Å². The minimum absolute atomic E-state index is 0.0136. The summed E-state index contributed by atoms with van der Waals surface area (Å²) in [7, 11) is 3.93. The first-order chi connectivity index (χ1) is 13.8. The van der Waals surface area contributed by atoms with Crippen LogP contribution in [0.5, 0.6) is 0 Å². The Morgan fingerprint density at radius 2 is 1.90 bits per heavy atom. The van der Waals surface area contributed by atoms with Gasteiger partial charge in [-0.25, -0.2) is 9.50 Å². The second-order valence-corrected chi connectivity index (χ2v) is 6.91. The van der Waals surface area contributed by atoms with Gasteiger partial charge in [-0.3, -0.25) is 9.59 Å². The molecule has 0 fully saturated rings. The summed E-state index contributed by atoms with van der Waals surface area (Å²) in [5, 5.41) is 6.84. The Kier molecular flexibility index (Phi) is 6.06. The fourth-order valence-electron chi connectivity index (χ4n) is 2.92. The molecule has 0 radical (unpaired) electrons. The van der Waals surface area contributed by atoms with E-state index >= 15 is 0 Å². The molecule has 2 heterocycles. The lowest BCUT2D eigenvalue weighted by atomic mass is 10.1. The Balaban J connectivity index is 1.50. The van der Waals surface area contributed by atoms with Crippen LogP contribution >= 0.6 is 0 Å². The molecular weight excluding hydrogens is 372 g/mol. The topological polar surface area (TPSA) is 102 Å². The average molecular weight is 396 g/mol. The summed E-state index contributed by atoms with van der Waals surface area (Å²) in [5.74, 6) is -0.369. The normalized spacial score (nSPS) is 10.8. The molecule has 0 unspecified atom stereocenters. The van der Waals surface area contributed by atoms with Crippen LogP contribution in [0.4, 0.5) is 5.69 Å². The second-order valence-electron chi connectivity index (χ2n) is 6.91. The monoisotopic (exact) mass is 396 g/mol. The number of anilines is 1. The molecule has 9 heteroatoms. The molecule has 2 aromatic heterocycles. The molecule has 29 heavy (non-hydrogen) atoms. The van der Waals surface area contributed by atoms with E-state index in [1.165, 1.54) is 6.33 Å². The summed E-state index contributed by atoms with van der Waals surface area (Å²) >= 11 is 0. The maximum Gasteiger partial charge on any atom is 0.310 e. The van der Waals surface area contributed by atoms with Gasteiger partial charge in [0.15, 0.2) is 6.61 Å². The highest BCUT2D eigenvalue weighted by Crippen LogP contribution is 2.14. The van der Waals surface area contributed by atoms with Crippen LogP contribution < -0.4 is 10.2 Å². The molecule has 0 atom stereocenters. The Labute approximate surface area is 168 Å². The van der Waals surface area contributed by atoms with Gasteiger partial charge in [0.2, 0.25) is 0 Å². The number of hydrogen-bond donors (Lipinski definition) is 1. The van der Waals surface area contributed by atoms with E-state index < -0.39 is 5.97 Å². The first-order valence-electron chi connectivity index (χ1n) is 9.19. The van der Waals surface area contributed by atoms with Gasteiger partial charge in [0, 0.05) is 43.3 Å². The Morgan fingerprint density at radius 3 is 2.59 bits per heavy atom. The van der Waals surface area contributed by atoms with Crippen LogP contribution in [0.15, 0.2) is 30.6 Å². The second kappa shape index (κ2) is 8.68. The summed E-state index contributed by atoms with van der Waals surface area (Å²) in [4.78, 5) is 34.6. The molecule has 1 aromatic carbocycles. The molecule has 9 nitrogen and oxygen atoms in total. The minimum Gasteiger partial charge on any atom is -0.455 e. The van der Waals surface area contributed by atoms with Gasteiger partial charge >= 0.3 is 5.97 Å². The van der Waals surface area contributed by atoms with Gasteiger partial charge in [-0.1, -0.05) is 12.1 Å². The predicted octanol–water partition coefficient (Wildman–Crippen LogP) is 1.21. The Hall–Kier alpha value is -3.49. The number of hydrogen-bond acceptors (Lipinski definition) is 7. The van der Waals surface area contributed by atoms with Crippen molar-refractivity contribution in [2.75, 3.05) is 25.6 Å². The molecule has 152 valence electrons. The van der Waals surface area contributed by atoms with E-state index in [-0.39, 0.29) is 18.9 Å². The SMILES string of the molecule is Cc1nc2ncnn2c(C)c1CC(=O)OCC(=O)NCc1ccc(N(C)C)cc1. The quantitative estimate of drug-likeness (QED) is 0.599. The van der Waals surface area contributed by atoms with Crippen molar-refractivity contribution < 1.29 is 14.3 Å². The zero-order chi connectivity index (χ0) is 21.0. The zero-order valence-electron chi connectivity index (χ0n) is 17.0. The van der Waals surface area contributed by atoms with Crippen molar-refractivity contribution in [1.82, 2.24) is 24.9 Å². The van der Waals surface area contributed by atoms with Crippen LogP contribution in [0.25, 0.3) is 5.78 Å². The predicted molar refractivity (Wildman–Crippen MR) is 108 cm³/mol. The fourth-order valence-corrected chi connectivity index (χ4v) is 2.92. The van der Waals surface area contributed by atoms with E-state index in [2.05, 4.69) is 20.4 Å². The maximum atomic E-state index is 12.2. The third-order valence-electron chi connectivity index (χ3n) is 4.62. The molecule has 0 saturated carbocycles. The van der Waals surface area contributed by atoms with Gasteiger partial charge in [0.1, 0.15) is 6.33 Å². The zero-order valence-corrected chi connectivity index (χ0v) is 17.0. The molecule has 1 amide bonds. The Morgan fingerprint density at radius 1 is 1.17 bits per heavy atom. The fraction of sp³-hybridized carbons (Fsp3) is 0.350. The summed E-state index contributed by atoms with van der Waals surface area (Å²) in [6, 6.07) is 7.85. The number of aromatic nitrogens is 4. The van der Waals surface area contributed by atoms with Crippen molar-refractivity contribution in [2.45, 2.75) is 26.8 Å². The molecule has 0 saturated heterocycles. The van der Waals surface area contributed by atoms with E-state index in [1.54, 1.807) is 11.4 Å². The maximum absolute atomic E-state index is 12.2. The van der Waals surface area contributed by atoms with Gasteiger partial charge in [-0.05, 0) is 31.5 Å². The van der Waals surface area contributed by atoms with E-state index in [4.69, 9.17) is 4.74 Å². The molecule has 0 spiro atoms. The van der Waals surface area contributed by atoms with Gasteiger partial charge < -0.3 is 15.0 Å². The number of benzene rings is 1. The molecule has 0 aliphatic carbocycles. The Bertz CT molecular complexity index is 1030. The minimum atomic E-state index is -0.497. The van der Waals surface area contributed by atoms with Gasteiger partial charge in [-0.2, -0.15) is 10.1 Å². The highest BCUT2D eigenvalue weighted by Gasteiger charge is 2.16. The lowest BCUT2D eigenvalue weighted by Gasteiger charge is -2.13. The van der Waals surface area contributed by atoms with Crippen LogP contribution in [0.3, 0.4) is 0 Å². The van der Waals surface area contributed by atoms with Crippen molar-refractivity contribution in [3.63, 3.8) is 0 Å². The molecule has 1 N–H and O–H groups in total. The summed E-state index contributed by atoms with van der Waals surface area (Å²) < 4.78 is 6.69. The van der Waals surface area contributed by atoms with Crippen LogP contribution in [0.2, 0.25) is 0 Å². The number of fused-ring (bicyclic) bond motifs is 1. The molecule has 0 aliphatic rings. The van der Waals surface area contributed by atoms with Crippen molar-refractivity contribution in [3.8, 4) is 0 Å². The van der Waals surface area contributed by atoms with Crippen molar-refractivity contribution in [3.05, 3.63) is 53.1 Å². The summed E-state index contributed by atoms with van der Waals surface area (Å²) in [6.07, 6.45) is 1.43. The largest absolute Gasteiger partial charge is 0.455 e. The average Bonchev–Trinajstić information content (AvgIpc) is 3.16. The summed E-state index contributed by atoms with van der Waals surface area (Å²) in [6.45, 7) is 3.69. The lowest BCUT2D eigenvalue weighted by molar-refractivity contribution is -0.147. The molecule has 3 aromatic rings. The first kappa shape index (κ1) is 20.2. The number of carbonyl (C=O) groups is 2. The van der Waals surface area contributed by atoms with E-state index in [9.17, 15) is 9.59 Å². The lowest BCUT2D eigenvalue weighted by Crippen LogP contribution is -2.28. The van der Waals surface area contributed by atoms with Crippen molar-refractivity contribution >= 4 is 23.3 Å². The van der Waals surface area contributed by atoms with Crippen molar-refractivity contribution in [1.29, 1.82) is 0 Å². The first-order valence-corrected chi connectivity index (χ1v) is 9.19. The number of aryl methyl sites for hydroxylation is 2. The number of rotatable bonds is 7. The highest BCUT2D eigenvalue weighted by molar-refractivity contribution is 5.81. The summed E-state index contributed by atoms with van der Waals surface area (Å²) in [5.41, 5.74) is 4.22. The molecule has 3 rings (SSSR count). The number of carbonyl (C=O) groups excluding carboxylic acids is 2. The molecule has 0 bridgehead atoms. The van der Waals surface area contributed by atoms with E-state index in [1.807, 2.05) is 50.2 Å². The number of esters is 1. The third kappa shape index (κ3) is 4.87. The van der Waals surface area contributed by atoms with Gasteiger partial charge in [0.25, 0.3) is 11.7 Å². The van der Waals surface area contributed by atoms with Crippen LogP contribution in [-0.4, -0.2) is 52.2 Å². The number of amides is 1. The highest BCUT2D eigenvalue weighted by atomic mass is 16.5. The van der Waals surface area contributed by atoms with Crippen LogP contribution in [0.1, 0.15) is 22.5 Å². The van der Waals surface area contributed by atoms with Gasteiger partial charge in [-0.15, -0.1) is 0 Å². The standard InChI is InChI=1S/C20H24N6O3/c1-13-17(14(2)26-20(24-13)22-12-23-26)9-19(28)29-11-18(27)21-10-15-5-7-16(8-6-15)25(3)4/h5-8,12H,9-11H2,1-4H3,(H,21,27). The smallest absolute Gasteiger partial charge is 0.310 e. The number of ether oxygens (including phenoxy) is 1. The number of nitrogens with one attached hydrogen (secondary N) is 1. The van der Waals surface area contributed by atoms with Crippen LogP contribution in [-0.2, 0) is 27.3 Å². The number of nitrogens with zero attached hydrogens (tertiary/aromatic N) is 5. The van der Waals surface area contributed by atoms with Crippen molar-refractivity contribution in [2.24, 2.45) is 0 Å². The van der Waals surface area contributed by atoms with E-state index in [0.717, 1.165) is 22.5 Å². The van der Waals surface area contributed by atoms with E-state index in [0.29, 0.717) is 18.0 Å². The molecule has 0 aliphatic heterocycles. The van der Waals surface area contributed by atoms with Gasteiger partial charge in [0.05, 0.1) is 6.42 Å². The molecular formula is C20H24N6O3. The third-order valence-corrected chi connectivity index (χ3v) is 4.62.